The van der Waals surface area contributed by atoms with Crippen LogP contribution in [0.15, 0.2) is 34.9 Å². The zero-order chi connectivity index (χ0) is 18.7. The molecule has 0 saturated carbocycles. The highest BCUT2D eigenvalue weighted by molar-refractivity contribution is 5.80. The number of amides is 2. The van der Waals surface area contributed by atoms with Gasteiger partial charge in [-0.2, -0.15) is 4.98 Å². The van der Waals surface area contributed by atoms with E-state index in [4.69, 9.17) is 4.52 Å². The van der Waals surface area contributed by atoms with Gasteiger partial charge in [-0.25, -0.2) is 0 Å². The van der Waals surface area contributed by atoms with Crippen LogP contribution >= 0.6 is 0 Å². The van der Waals surface area contributed by atoms with Crippen molar-refractivity contribution in [3.8, 4) is 11.5 Å². The first-order valence-electron chi connectivity index (χ1n) is 8.92. The number of hydrogen-bond donors (Lipinski definition) is 0. The molecule has 0 spiro atoms. The van der Waals surface area contributed by atoms with Crippen LogP contribution in [0.4, 0.5) is 0 Å². The van der Waals surface area contributed by atoms with Gasteiger partial charge in [-0.05, 0) is 19.1 Å². The summed E-state index contributed by atoms with van der Waals surface area (Å²) in [7, 11) is 0. The fourth-order valence-electron chi connectivity index (χ4n) is 3.11. The highest BCUT2D eigenvalue weighted by atomic mass is 16.5. The van der Waals surface area contributed by atoms with Crippen LogP contribution in [0.5, 0.6) is 0 Å². The molecule has 1 fully saturated rings. The monoisotopic (exact) mass is 356 g/mol. The molecule has 0 radical (unpaired) electrons. The number of piperazine rings is 1. The maximum Gasteiger partial charge on any atom is 0.257 e. The summed E-state index contributed by atoms with van der Waals surface area (Å²) in [6, 6.07) is 9.47. The third-order valence-corrected chi connectivity index (χ3v) is 4.56. The molecule has 7 heteroatoms. The van der Waals surface area contributed by atoms with E-state index in [1.54, 1.807) is 4.90 Å². The van der Waals surface area contributed by atoms with E-state index in [0.29, 0.717) is 31.3 Å². The van der Waals surface area contributed by atoms with Gasteiger partial charge in [0.2, 0.25) is 11.8 Å². The van der Waals surface area contributed by atoms with Gasteiger partial charge >= 0.3 is 0 Å². The van der Waals surface area contributed by atoms with Crippen molar-refractivity contribution in [2.24, 2.45) is 5.92 Å². The molecule has 1 atom stereocenters. The lowest BCUT2D eigenvalue weighted by molar-refractivity contribution is -0.144. The first-order valence-corrected chi connectivity index (χ1v) is 8.92. The van der Waals surface area contributed by atoms with E-state index >= 15 is 0 Å². The minimum Gasteiger partial charge on any atom is -0.338 e. The summed E-state index contributed by atoms with van der Waals surface area (Å²) in [4.78, 5) is 32.7. The van der Waals surface area contributed by atoms with Gasteiger partial charge in [0.05, 0.1) is 6.42 Å². The quantitative estimate of drug-likeness (QED) is 0.837. The van der Waals surface area contributed by atoms with Crippen molar-refractivity contribution in [2.45, 2.75) is 33.2 Å². The fraction of sp³-hybridized carbons (Fsp3) is 0.474. The molecule has 1 aliphatic heterocycles. The van der Waals surface area contributed by atoms with Crippen molar-refractivity contribution >= 4 is 11.8 Å². The van der Waals surface area contributed by atoms with Gasteiger partial charge in [0, 0.05) is 37.2 Å². The van der Waals surface area contributed by atoms with E-state index in [-0.39, 0.29) is 30.2 Å². The zero-order valence-corrected chi connectivity index (χ0v) is 15.4. The maximum absolute atomic E-state index is 12.6. The summed E-state index contributed by atoms with van der Waals surface area (Å²) in [5.74, 6) is 0.843. The minimum atomic E-state index is -0.0473. The predicted molar refractivity (Wildman–Crippen MR) is 96.0 cm³/mol. The Morgan fingerprint density at radius 1 is 1.23 bits per heavy atom. The Bertz CT molecular complexity index is 772. The fourth-order valence-corrected chi connectivity index (χ4v) is 3.11. The normalized spacial score (nSPS) is 17.6. The molecule has 0 unspecified atom stereocenters. The SMILES string of the molecule is CC(C)C(=O)N1CCN(C(=O)Cc2noc(-c3ccccc3)n2)C[C@@H]1C. The molecule has 3 rings (SSSR count). The van der Waals surface area contributed by atoms with Crippen molar-refractivity contribution in [1.29, 1.82) is 0 Å². The average molecular weight is 356 g/mol. The van der Waals surface area contributed by atoms with Crippen molar-refractivity contribution in [3.05, 3.63) is 36.2 Å². The molecular formula is C19H24N4O3. The summed E-state index contributed by atoms with van der Waals surface area (Å²) in [6.07, 6.45) is 0.0984. The van der Waals surface area contributed by atoms with Crippen molar-refractivity contribution in [1.82, 2.24) is 19.9 Å². The van der Waals surface area contributed by atoms with E-state index in [1.165, 1.54) is 0 Å². The molecule has 1 aromatic carbocycles. The zero-order valence-electron chi connectivity index (χ0n) is 15.4. The van der Waals surface area contributed by atoms with Crippen LogP contribution in [0.3, 0.4) is 0 Å². The van der Waals surface area contributed by atoms with E-state index in [0.717, 1.165) is 5.56 Å². The van der Waals surface area contributed by atoms with Gasteiger partial charge in [-0.1, -0.05) is 37.2 Å². The molecule has 0 aliphatic carbocycles. The first-order chi connectivity index (χ1) is 12.5. The summed E-state index contributed by atoms with van der Waals surface area (Å²) in [5, 5.41) is 3.91. The first kappa shape index (κ1) is 18.1. The minimum absolute atomic E-state index is 0.00717. The van der Waals surface area contributed by atoms with Crippen LogP contribution in [0.25, 0.3) is 11.5 Å². The molecule has 2 aromatic rings. The van der Waals surface area contributed by atoms with Crippen molar-refractivity contribution in [2.75, 3.05) is 19.6 Å². The number of carbonyl (C=O) groups is 2. The molecule has 138 valence electrons. The number of carbonyl (C=O) groups excluding carboxylic acids is 2. The smallest absolute Gasteiger partial charge is 0.257 e. The van der Waals surface area contributed by atoms with Crippen LogP contribution in [0, 0.1) is 5.92 Å². The Kier molecular flexibility index (Phi) is 5.35. The average Bonchev–Trinajstić information content (AvgIpc) is 3.10. The van der Waals surface area contributed by atoms with E-state index < -0.39 is 0 Å². The number of nitrogens with zero attached hydrogens (tertiary/aromatic N) is 4. The third-order valence-electron chi connectivity index (χ3n) is 4.56. The standard InChI is InChI=1S/C19H24N4O3/c1-13(2)19(25)23-10-9-22(12-14(23)3)17(24)11-16-20-18(26-21-16)15-7-5-4-6-8-15/h4-8,13-14H,9-12H2,1-3H3/t14-/m0/s1. The summed E-state index contributed by atoms with van der Waals surface area (Å²) >= 11 is 0. The Hall–Kier alpha value is -2.70. The number of aromatic nitrogens is 2. The lowest BCUT2D eigenvalue weighted by Gasteiger charge is -2.40. The largest absolute Gasteiger partial charge is 0.338 e. The van der Waals surface area contributed by atoms with E-state index in [9.17, 15) is 9.59 Å². The molecule has 2 heterocycles. The van der Waals surface area contributed by atoms with Crippen LogP contribution in [-0.2, 0) is 16.0 Å². The van der Waals surface area contributed by atoms with Gasteiger partial charge in [0.1, 0.15) is 0 Å². The number of benzene rings is 1. The second kappa shape index (κ2) is 7.68. The molecule has 7 nitrogen and oxygen atoms in total. The van der Waals surface area contributed by atoms with Crippen LogP contribution in [0.1, 0.15) is 26.6 Å². The maximum atomic E-state index is 12.6. The highest BCUT2D eigenvalue weighted by Gasteiger charge is 2.31. The molecule has 26 heavy (non-hydrogen) atoms. The lowest BCUT2D eigenvalue weighted by atomic mass is 10.1. The Labute approximate surface area is 153 Å². The second-order valence-electron chi connectivity index (χ2n) is 6.93. The van der Waals surface area contributed by atoms with Gasteiger partial charge in [0.25, 0.3) is 5.89 Å². The van der Waals surface area contributed by atoms with Gasteiger partial charge in [-0.15, -0.1) is 0 Å². The van der Waals surface area contributed by atoms with Gasteiger partial charge < -0.3 is 14.3 Å². The van der Waals surface area contributed by atoms with Gasteiger partial charge in [-0.3, -0.25) is 9.59 Å². The number of hydrogen-bond acceptors (Lipinski definition) is 5. The molecule has 1 aromatic heterocycles. The van der Waals surface area contributed by atoms with Crippen molar-refractivity contribution in [3.63, 3.8) is 0 Å². The Morgan fingerprint density at radius 2 is 1.96 bits per heavy atom. The van der Waals surface area contributed by atoms with E-state index in [1.807, 2.05) is 56.0 Å². The number of rotatable bonds is 4. The molecule has 0 N–H and O–H groups in total. The summed E-state index contributed by atoms with van der Waals surface area (Å²) in [6.45, 7) is 7.39. The highest BCUT2D eigenvalue weighted by Crippen LogP contribution is 2.17. The lowest BCUT2D eigenvalue weighted by Crippen LogP contribution is -2.56. The van der Waals surface area contributed by atoms with Gasteiger partial charge in [0.15, 0.2) is 5.82 Å². The molecule has 1 saturated heterocycles. The van der Waals surface area contributed by atoms with Crippen LogP contribution < -0.4 is 0 Å². The van der Waals surface area contributed by atoms with Crippen molar-refractivity contribution < 1.29 is 14.1 Å². The molecule has 0 bridgehead atoms. The topological polar surface area (TPSA) is 79.5 Å². The van der Waals surface area contributed by atoms with Crippen LogP contribution in [-0.4, -0.2) is 57.4 Å². The molecular weight excluding hydrogens is 332 g/mol. The summed E-state index contributed by atoms with van der Waals surface area (Å²) in [5.41, 5.74) is 0.827. The Balaban J connectivity index is 1.60. The van der Waals surface area contributed by atoms with Crippen LogP contribution in [0.2, 0.25) is 0 Å². The molecule has 1 aliphatic rings. The summed E-state index contributed by atoms with van der Waals surface area (Å²) < 4.78 is 5.25. The predicted octanol–water partition coefficient (Wildman–Crippen LogP) is 1.99. The second-order valence-corrected chi connectivity index (χ2v) is 6.93. The van der Waals surface area contributed by atoms with E-state index in [2.05, 4.69) is 10.1 Å². The molecule has 2 amide bonds. The Morgan fingerprint density at radius 3 is 2.62 bits per heavy atom. The third kappa shape index (κ3) is 3.92.